The molecule has 74 heavy (non-hydrogen) atoms. The van der Waals surface area contributed by atoms with Crippen molar-refractivity contribution in [1.29, 1.82) is 0 Å². The fraction of sp³-hybridized carbons (Fsp3) is 0.797. The number of hydrogen-bond acceptors (Lipinski definition) is 5. The molecule has 5 nitrogen and oxygen atoms in total. The molecule has 0 aliphatic heterocycles. The van der Waals surface area contributed by atoms with E-state index in [9.17, 15) is 14.7 Å². The summed E-state index contributed by atoms with van der Waals surface area (Å²) >= 11 is 0. The summed E-state index contributed by atoms with van der Waals surface area (Å²) in [6.07, 6.45) is 89.3. The Balaban J connectivity index is 3.38. The van der Waals surface area contributed by atoms with E-state index in [4.69, 9.17) is 9.47 Å². The minimum Gasteiger partial charge on any atom is -0.462 e. The molecule has 0 bridgehead atoms. The summed E-state index contributed by atoms with van der Waals surface area (Å²) in [4.78, 5) is 24.5. The number of aliphatic hydroxyl groups is 1. The van der Waals surface area contributed by atoms with E-state index in [1.165, 1.54) is 231 Å². The molecule has 0 aromatic rings. The van der Waals surface area contributed by atoms with Crippen molar-refractivity contribution in [2.45, 2.75) is 341 Å². The van der Waals surface area contributed by atoms with Crippen molar-refractivity contribution in [1.82, 2.24) is 0 Å². The molecule has 0 saturated heterocycles. The SMILES string of the molecule is CC/C=C\C/C=C\C/C=C\C/C=C\CCCCCCCCC(=O)OC(CO)COC(=O)CCCCCCCCCCCCCCCCCCCCCCCCCCCCCCC/C=C\C/C=C\CCCCCCC. The Hall–Kier alpha value is -2.66. The van der Waals surface area contributed by atoms with Gasteiger partial charge in [0.15, 0.2) is 6.10 Å². The van der Waals surface area contributed by atoms with E-state index >= 15 is 0 Å². The molecule has 0 aliphatic rings. The maximum atomic E-state index is 12.3. The lowest BCUT2D eigenvalue weighted by Crippen LogP contribution is -2.28. The Bertz CT molecular complexity index is 1310. The summed E-state index contributed by atoms with van der Waals surface area (Å²) in [5.74, 6) is -0.596. The molecule has 1 N–H and O–H groups in total. The summed E-state index contributed by atoms with van der Waals surface area (Å²) in [5, 5.41) is 9.66. The first-order chi connectivity index (χ1) is 36.6. The Morgan fingerprint density at radius 2 is 0.581 bits per heavy atom. The van der Waals surface area contributed by atoms with Gasteiger partial charge in [0.05, 0.1) is 6.61 Å². The highest BCUT2D eigenvalue weighted by molar-refractivity contribution is 5.70. The molecule has 5 heteroatoms. The molecule has 0 aromatic carbocycles. The van der Waals surface area contributed by atoms with E-state index in [0.29, 0.717) is 12.8 Å². The van der Waals surface area contributed by atoms with Gasteiger partial charge in [0.25, 0.3) is 0 Å². The Kier molecular flexibility index (Phi) is 62.3. The maximum absolute atomic E-state index is 12.3. The van der Waals surface area contributed by atoms with Gasteiger partial charge in [-0.15, -0.1) is 0 Å². The van der Waals surface area contributed by atoms with Crippen molar-refractivity contribution in [3.05, 3.63) is 72.9 Å². The van der Waals surface area contributed by atoms with E-state index in [1.54, 1.807) is 0 Å². The number of hydrogen-bond donors (Lipinski definition) is 1. The van der Waals surface area contributed by atoms with Gasteiger partial charge in [-0.05, 0) is 83.5 Å². The average Bonchev–Trinajstić information content (AvgIpc) is 3.40. The number of unbranched alkanes of at least 4 members (excludes halogenated alkanes) is 40. The zero-order chi connectivity index (χ0) is 53.4. The van der Waals surface area contributed by atoms with E-state index in [2.05, 4.69) is 86.8 Å². The number of carbonyl (C=O) groups excluding carboxylic acids is 2. The van der Waals surface area contributed by atoms with Crippen LogP contribution in [0.5, 0.6) is 0 Å². The number of carbonyl (C=O) groups is 2. The van der Waals surface area contributed by atoms with E-state index in [0.717, 1.165) is 77.0 Å². The van der Waals surface area contributed by atoms with Gasteiger partial charge in [0, 0.05) is 12.8 Å². The number of aliphatic hydroxyl groups excluding tert-OH is 1. The van der Waals surface area contributed by atoms with E-state index in [1.807, 2.05) is 0 Å². The highest BCUT2D eigenvalue weighted by Crippen LogP contribution is 2.18. The highest BCUT2D eigenvalue weighted by atomic mass is 16.6. The summed E-state index contributed by atoms with van der Waals surface area (Å²) < 4.78 is 10.7. The van der Waals surface area contributed by atoms with Crippen molar-refractivity contribution in [3.63, 3.8) is 0 Å². The fourth-order valence-electron chi connectivity index (χ4n) is 9.64. The molecule has 430 valence electrons. The summed E-state index contributed by atoms with van der Waals surface area (Å²) in [7, 11) is 0. The van der Waals surface area contributed by atoms with Crippen LogP contribution in [0.3, 0.4) is 0 Å². The van der Waals surface area contributed by atoms with Crippen LogP contribution < -0.4 is 0 Å². The van der Waals surface area contributed by atoms with Gasteiger partial charge >= 0.3 is 11.9 Å². The zero-order valence-corrected chi connectivity index (χ0v) is 49.4. The number of rotatable bonds is 60. The molecule has 1 unspecified atom stereocenters. The predicted octanol–water partition coefficient (Wildman–Crippen LogP) is 22.3. The van der Waals surface area contributed by atoms with Gasteiger partial charge in [-0.2, -0.15) is 0 Å². The monoisotopic (exact) mass is 1030 g/mol. The third-order valence-corrected chi connectivity index (χ3v) is 14.5. The highest BCUT2D eigenvalue weighted by Gasteiger charge is 2.16. The predicted molar refractivity (Wildman–Crippen MR) is 325 cm³/mol. The van der Waals surface area contributed by atoms with Crippen LogP contribution >= 0.6 is 0 Å². The van der Waals surface area contributed by atoms with Gasteiger partial charge < -0.3 is 14.6 Å². The first-order valence-corrected chi connectivity index (χ1v) is 32.5. The first-order valence-electron chi connectivity index (χ1n) is 32.5. The normalized spacial score (nSPS) is 12.6. The van der Waals surface area contributed by atoms with Gasteiger partial charge in [-0.3, -0.25) is 9.59 Å². The molecular formula is C69H124O5. The van der Waals surface area contributed by atoms with Gasteiger partial charge in [0.2, 0.25) is 0 Å². The van der Waals surface area contributed by atoms with Crippen LogP contribution in [0.15, 0.2) is 72.9 Å². The molecule has 0 spiro atoms. The van der Waals surface area contributed by atoms with Crippen LogP contribution in [-0.4, -0.2) is 36.4 Å². The zero-order valence-electron chi connectivity index (χ0n) is 49.4. The number of esters is 2. The third-order valence-electron chi connectivity index (χ3n) is 14.5. The fourth-order valence-corrected chi connectivity index (χ4v) is 9.64. The summed E-state index contributed by atoms with van der Waals surface area (Å²) in [5.41, 5.74) is 0. The lowest BCUT2D eigenvalue weighted by Gasteiger charge is -2.15. The van der Waals surface area contributed by atoms with Gasteiger partial charge in [-0.25, -0.2) is 0 Å². The number of allylic oxidation sites excluding steroid dienone is 12. The van der Waals surface area contributed by atoms with Crippen LogP contribution in [0, 0.1) is 0 Å². The average molecular weight is 1030 g/mol. The summed E-state index contributed by atoms with van der Waals surface area (Å²) in [6, 6.07) is 0. The molecule has 0 fully saturated rings. The van der Waals surface area contributed by atoms with E-state index in [-0.39, 0.29) is 25.2 Å². The molecular weight excluding hydrogens is 909 g/mol. The lowest BCUT2D eigenvalue weighted by atomic mass is 10.0. The van der Waals surface area contributed by atoms with Crippen molar-refractivity contribution < 1.29 is 24.2 Å². The molecule has 0 saturated carbocycles. The Morgan fingerprint density at radius 3 is 0.878 bits per heavy atom. The minimum absolute atomic E-state index is 0.0708. The second-order valence-corrected chi connectivity index (χ2v) is 21.8. The van der Waals surface area contributed by atoms with Crippen LogP contribution in [-0.2, 0) is 19.1 Å². The first kappa shape index (κ1) is 71.3. The Labute approximate surface area is 461 Å². The number of ether oxygens (including phenoxy) is 2. The molecule has 0 aliphatic carbocycles. The molecule has 0 rings (SSSR count). The molecule has 1 atom stereocenters. The van der Waals surface area contributed by atoms with Crippen molar-refractivity contribution in [3.8, 4) is 0 Å². The van der Waals surface area contributed by atoms with Crippen LogP contribution in [0.1, 0.15) is 335 Å². The second-order valence-electron chi connectivity index (χ2n) is 21.8. The maximum Gasteiger partial charge on any atom is 0.306 e. The van der Waals surface area contributed by atoms with Crippen molar-refractivity contribution in [2.75, 3.05) is 13.2 Å². The van der Waals surface area contributed by atoms with Gasteiger partial charge in [0.1, 0.15) is 6.61 Å². The van der Waals surface area contributed by atoms with Crippen LogP contribution in [0.2, 0.25) is 0 Å². The van der Waals surface area contributed by atoms with E-state index < -0.39 is 6.10 Å². The smallest absolute Gasteiger partial charge is 0.306 e. The topological polar surface area (TPSA) is 72.8 Å². The minimum atomic E-state index is -0.782. The lowest BCUT2D eigenvalue weighted by molar-refractivity contribution is -0.161. The van der Waals surface area contributed by atoms with Gasteiger partial charge in [-0.1, -0.05) is 311 Å². The van der Waals surface area contributed by atoms with Crippen LogP contribution in [0.25, 0.3) is 0 Å². The summed E-state index contributed by atoms with van der Waals surface area (Å²) in [6.45, 7) is 4.04. The quantitative estimate of drug-likeness (QED) is 0.0373. The third kappa shape index (κ3) is 61.9. The molecule has 0 aromatic heterocycles. The van der Waals surface area contributed by atoms with Crippen molar-refractivity contribution >= 4 is 11.9 Å². The largest absolute Gasteiger partial charge is 0.462 e. The standard InChI is InChI=1S/C69H124O5/c1-3-5-7-9-11-13-15-17-19-21-23-24-25-26-27-28-29-30-31-32-33-34-35-36-37-38-39-40-41-42-43-44-46-47-49-51-53-55-57-59-61-63-68(71)73-66-67(65-70)74-69(72)64-62-60-58-56-54-52-50-48-45-22-20-18-16-14-12-10-8-6-4-2/h6,8,12,14-15,17-18,20-21,23,45,48,67,70H,3-5,7,9-11,13,16,19,22,24-44,46-47,49-66H2,1-2H3/b8-6-,14-12-,17-15-,20-18-,23-21-,48-45-. The Morgan fingerprint density at radius 1 is 0.324 bits per heavy atom. The molecule has 0 radical (unpaired) electrons. The molecule has 0 heterocycles. The molecule has 0 amide bonds. The van der Waals surface area contributed by atoms with Crippen molar-refractivity contribution in [2.24, 2.45) is 0 Å². The second kappa shape index (κ2) is 64.6. The van der Waals surface area contributed by atoms with Crippen LogP contribution in [0.4, 0.5) is 0 Å².